The van der Waals surface area contributed by atoms with Gasteiger partial charge in [0.25, 0.3) is 11.5 Å². The van der Waals surface area contributed by atoms with Gasteiger partial charge in [-0.1, -0.05) is 30.3 Å². The molecule has 0 saturated carbocycles. The lowest BCUT2D eigenvalue weighted by atomic mass is 10.1. The molecule has 1 aromatic heterocycles. The van der Waals surface area contributed by atoms with Gasteiger partial charge in [0.2, 0.25) is 0 Å². The largest absolute Gasteiger partial charge is 0.368 e. The summed E-state index contributed by atoms with van der Waals surface area (Å²) in [5.41, 5.74) is 2.56. The number of hydrogen-bond acceptors (Lipinski definition) is 3. The molecule has 5 nitrogen and oxygen atoms in total. The second-order valence-electron chi connectivity index (χ2n) is 6.72. The summed E-state index contributed by atoms with van der Waals surface area (Å²) < 4.78 is 0. The quantitative estimate of drug-likeness (QED) is 0.775. The van der Waals surface area contributed by atoms with E-state index in [1.54, 1.807) is 12.1 Å². The van der Waals surface area contributed by atoms with Crippen LogP contribution in [0.3, 0.4) is 0 Å². The Morgan fingerprint density at radius 3 is 2.50 bits per heavy atom. The van der Waals surface area contributed by atoms with Gasteiger partial charge in [0.1, 0.15) is 5.69 Å². The maximum atomic E-state index is 12.8. The van der Waals surface area contributed by atoms with Crippen LogP contribution >= 0.6 is 0 Å². The summed E-state index contributed by atoms with van der Waals surface area (Å²) in [6.07, 6.45) is 0. The highest BCUT2D eigenvalue weighted by molar-refractivity contribution is 5.96. The molecule has 2 aromatic carbocycles. The summed E-state index contributed by atoms with van der Waals surface area (Å²) in [6, 6.07) is 17.5. The minimum Gasteiger partial charge on any atom is -0.368 e. The zero-order valence-electron chi connectivity index (χ0n) is 14.7. The van der Waals surface area contributed by atoms with E-state index in [2.05, 4.69) is 41.1 Å². The van der Waals surface area contributed by atoms with Crippen molar-refractivity contribution in [3.8, 4) is 0 Å². The highest BCUT2D eigenvalue weighted by Gasteiger charge is 2.23. The van der Waals surface area contributed by atoms with E-state index < -0.39 is 0 Å². The van der Waals surface area contributed by atoms with Gasteiger partial charge in [0, 0.05) is 37.3 Å². The van der Waals surface area contributed by atoms with Crippen molar-refractivity contribution in [2.24, 2.45) is 0 Å². The number of benzene rings is 2. The third-order valence-electron chi connectivity index (χ3n) is 4.92. The Labute approximate surface area is 151 Å². The van der Waals surface area contributed by atoms with Crippen LogP contribution in [0.5, 0.6) is 0 Å². The van der Waals surface area contributed by atoms with Crippen molar-refractivity contribution in [3.63, 3.8) is 0 Å². The van der Waals surface area contributed by atoms with Crippen molar-refractivity contribution in [3.05, 3.63) is 76.2 Å². The Kier molecular flexibility index (Phi) is 4.21. The molecule has 132 valence electrons. The van der Waals surface area contributed by atoms with E-state index in [0.717, 1.165) is 18.5 Å². The van der Waals surface area contributed by atoms with E-state index in [9.17, 15) is 9.59 Å². The Balaban J connectivity index is 1.51. The smallest absolute Gasteiger partial charge is 0.270 e. The molecule has 1 amide bonds. The summed E-state index contributed by atoms with van der Waals surface area (Å²) in [7, 11) is 0. The molecule has 1 N–H and O–H groups in total. The molecule has 0 aliphatic carbocycles. The number of carbonyl (C=O) groups excluding carboxylic acids is 1. The first-order chi connectivity index (χ1) is 12.6. The van der Waals surface area contributed by atoms with Gasteiger partial charge in [-0.3, -0.25) is 9.59 Å². The van der Waals surface area contributed by atoms with Crippen molar-refractivity contribution in [1.82, 2.24) is 9.88 Å². The molecule has 1 fully saturated rings. The zero-order valence-corrected chi connectivity index (χ0v) is 14.7. The number of nitrogens with zero attached hydrogens (tertiary/aromatic N) is 2. The molecule has 2 heterocycles. The van der Waals surface area contributed by atoms with E-state index in [-0.39, 0.29) is 11.5 Å². The SMILES string of the molecule is Cc1cccc(N2CCN(C(=O)c3cc4ccccc4c(=O)[nH]3)CC2)c1. The number of aromatic amines is 1. The Hall–Kier alpha value is -3.08. The number of hydrogen-bond donors (Lipinski definition) is 1. The van der Waals surface area contributed by atoms with Crippen LogP contribution in [0.15, 0.2) is 59.4 Å². The van der Waals surface area contributed by atoms with Crippen LogP contribution in [-0.2, 0) is 0 Å². The molecular weight excluding hydrogens is 326 g/mol. The number of nitrogens with one attached hydrogen (secondary N) is 1. The zero-order chi connectivity index (χ0) is 18.1. The number of pyridine rings is 1. The van der Waals surface area contributed by atoms with Crippen LogP contribution in [0.4, 0.5) is 5.69 Å². The number of H-pyrrole nitrogens is 1. The van der Waals surface area contributed by atoms with Crippen molar-refractivity contribution < 1.29 is 4.79 Å². The van der Waals surface area contributed by atoms with Gasteiger partial charge in [-0.25, -0.2) is 0 Å². The summed E-state index contributed by atoms with van der Waals surface area (Å²) in [5.74, 6) is -0.114. The standard InChI is InChI=1S/C21H21N3O2/c1-15-5-4-7-17(13-15)23-9-11-24(12-10-23)21(26)19-14-16-6-2-3-8-18(16)20(25)22-19/h2-8,13-14H,9-12H2,1H3,(H,22,25). The topological polar surface area (TPSA) is 56.4 Å². The summed E-state index contributed by atoms with van der Waals surface area (Å²) in [6.45, 7) is 4.93. The highest BCUT2D eigenvalue weighted by Crippen LogP contribution is 2.19. The maximum absolute atomic E-state index is 12.8. The molecule has 0 unspecified atom stereocenters. The van der Waals surface area contributed by atoms with Crippen molar-refractivity contribution in [2.75, 3.05) is 31.1 Å². The molecule has 3 aromatic rings. The number of anilines is 1. The van der Waals surface area contributed by atoms with Crippen LogP contribution in [0, 0.1) is 6.92 Å². The van der Waals surface area contributed by atoms with Crippen molar-refractivity contribution >= 4 is 22.4 Å². The Morgan fingerprint density at radius 1 is 0.962 bits per heavy atom. The maximum Gasteiger partial charge on any atom is 0.270 e. The average Bonchev–Trinajstić information content (AvgIpc) is 2.67. The second-order valence-corrected chi connectivity index (χ2v) is 6.72. The number of aryl methyl sites for hydroxylation is 1. The van der Waals surface area contributed by atoms with Crippen LogP contribution in [-0.4, -0.2) is 42.0 Å². The molecule has 0 bridgehead atoms. The fourth-order valence-corrected chi connectivity index (χ4v) is 3.49. The van der Waals surface area contributed by atoms with E-state index in [4.69, 9.17) is 0 Å². The minimum absolute atomic E-state index is 0.114. The van der Waals surface area contributed by atoms with Crippen molar-refractivity contribution in [2.45, 2.75) is 6.92 Å². The van der Waals surface area contributed by atoms with Gasteiger partial charge in [0.15, 0.2) is 0 Å². The van der Waals surface area contributed by atoms with Gasteiger partial charge in [-0.2, -0.15) is 0 Å². The lowest BCUT2D eigenvalue weighted by molar-refractivity contribution is 0.0741. The van der Waals surface area contributed by atoms with E-state index in [1.165, 1.54) is 11.3 Å². The molecule has 26 heavy (non-hydrogen) atoms. The molecule has 0 spiro atoms. The third-order valence-corrected chi connectivity index (χ3v) is 4.92. The first kappa shape index (κ1) is 16.4. The number of fused-ring (bicyclic) bond motifs is 1. The second kappa shape index (κ2) is 6.67. The predicted molar refractivity (Wildman–Crippen MR) is 104 cm³/mol. The molecule has 1 saturated heterocycles. The normalized spacial score (nSPS) is 14.7. The monoisotopic (exact) mass is 347 g/mol. The molecule has 1 aliphatic rings. The van der Waals surface area contributed by atoms with Gasteiger partial charge in [0.05, 0.1) is 0 Å². The van der Waals surface area contributed by atoms with Gasteiger partial charge < -0.3 is 14.8 Å². The Morgan fingerprint density at radius 2 is 1.73 bits per heavy atom. The van der Waals surface area contributed by atoms with Gasteiger partial charge in [-0.05, 0) is 42.1 Å². The minimum atomic E-state index is -0.218. The molecule has 4 rings (SSSR count). The summed E-state index contributed by atoms with van der Waals surface area (Å²) >= 11 is 0. The number of rotatable bonds is 2. The first-order valence-electron chi connectivity index (χ1n) is 8.85. The van der Waals surface area contributed by atoms with Crippen LogP contribution in [0.2, 0.25) is 0 Å². The van der Waals surface area contributed by atoms with Gasteiger partial charge in [-0.15, -0.1) is 0 Å². The first-order valence-corrected chi connectivity index (χ1v) is 8.85. The highest BCUT2D eigenvalue weighted by atomic mass is 16.2. The predicted octanol–water partition coefficient (Wildman–Crippen LogP) is 2.80. The fourth-order valence-electron chi connectivity index (χ4n) is 3.49. The fraction of sp³-hybridized carbons (Fsp3) is 0.238. The van der Waals surface area contributed by atoms with Crippen LogP contribution in [0.25, 0.3) is 10.8 Å². The van der Waals surface area contributed by atoms with Crippen LogP contribution < -0.4 is 10.5 Å². The number of carbonyl (C=O) groups is 1. The summed E-state index contributed by atoms with van der Waals surface area (Å²) in [5, 5.41) is 1.39. The number of aromatic nitrogens is 1. The summed E-state index contributed by atoms with van der Waals surface area (Å²) in [4.78, 5) is 31.9. The average molecular weight is 347 g/mol. The van der Waals surface area contributed by atoms with Crippen molar-refractivity contribution in [1.29, 1.82) is 0 Å². The van der Waals surface area contributed by atoms with Crippen LogP contribution in [0.1, 0.15) is 16.1 Å². The molecular formula is C21H21N3O2. The third kappa shape index (κ3) is 3.08. The van der Waals surface area contributed by atoms with E-state index in [1.807, 2.05) is 23.1 Å². The molecule has 0 atom stereocenters. The Bertz CT molecular complexity index is 1020. The lowest BCUT2D eigenvalue weighted by Gasteiger charge is -2.36. The number of amides is 1. The molecule has 1 aliphatic heterocycles. The molecule has 5 heteroatoms. The van der Waals surface area contributed by atoms with Gasteiger partial charge >= 0.3 is 0 Å². The van der Waals surface area contributed by atoms with E-state index in [0.29, 0.717) is 24.2 Å². The van der Waals surface area contributed by atoms with E-state index >= 15 is 0 Å². The lowest BCUT2D eigenvalue weighted by Crippen LogP contribution is -2.49. The number of piperazine rings is 1. The molecule has 0 radical (unpaired) electrons.